The van der Waals surface area contributed by atoms with Crippen molar-refractivity contribution in [2.75, 3.05) is 0 Å². The maximum absolute atomic E-state index is 13.4. The fraction of sp³-hybridized carbons (Fsp3) is 0.458. The van der Waals surface area contributed by atoms with Gasteiger partial charge in [0.1, 0.15) is 5.56 Å². The number of benzene rings is 1. The first kappa shape index (κ1) is 23.1. The summed E-state index contributed by atoms with van der Waals surface area (Å²) in [6.07, 6.45) is 5.54. The molecule has 0 unspecified atom stereocenters. The molecule has 0 atom stereocenters. The maximum Gasteiger partial charge on any atom is 0.309 e. The van der Waals surface area contributed by atoms with Crippen LogP contribution in [-0.2, 0) is 18.3 Å². The van der Waals surface area contributed by atoms with Gasteiger partial charge in [-0.3, -0.25) is 14.4 Å². The average molecular weight is 445 g/mol. The van der Waals surface area contributed by atoms with Crippen LogP contribution in [0.1, 0.15) is 67.1 Å². The number of aliphatic carboxylic acids is 1. The Hall–Kier alpha value is -2.60. The lowest BCUT2D eigenvalue weighted by Crippen LogP contribution is -2.51. The summed E-state index contributed by atoms with van der Waals surface area (Å²) >= 11 is 6.03. The lowest BCUT2D eigenvalue weighted by Gasteiger charge is -2.37. The Bertz CT molecular complexity index is 1050. The van der Waals surface area contributed by atoms with Crippen molar-refractivity contribution in [3.8, 4) is 11.1 Å². The third kappa shape index (κ3) is 4.69. The molecular weight excluding hydrogens is 416 g/mol. The molecule has 0 bridgehead atoms. The molecule has 31 heavy (non-hydrogen) atoms. The van der Waals surface area contributed by atoms with Crippen LogP contribution in [0, 0.1) is 6.92 Å². The van der Waals surface area contributed by atoms with Gasteiger partial charge in [-0.25, -0.2) is 0 Å². The van der Waals surface area contributed by atoms with E-state index in [2.05, 4.69) is 12.2 Å². The van der Waals surface area contributed by atoms with E-state index < -0.39 is 11.5 Å². The molecule has 1 aromatic heterocycles. The molecule has 2 N–H and O–H groups in total. The molecular formula is C24H29ClN2O4. The van der Waals surface area contributed by atoms with Crippen molar-refractivity contribution in [2.45, 2.75) is 64.3 Å². The highest BCUT2D eigenvalue weighted by Gasteiger charge is 2.34. The zero-order valence-corrected chi connectivity index (χ0v) is 19.0. The van der Waals surface area contributed by atoms with E-state index in [4.69, 9.17) is 11.6 Å². The van der Waals surface area contributed by atoms with Crippen molar-refractivity contribution >= 4 is 23.5 Å². The van der Waals surface area contributed by atoms with Crippen LogP contribution in [0.4, 0.5) is 0 Å². The summed E-state index contributed by atoms with van der Waals surface area (Å²) in [6.45, 7) is 3.77. The fourth-order valence-corrected chi connectivity index (χ4v) is 4.80. The van der Waals surface area contributed by atoms with Crippen LogP contribution < -0.4 is 10.9 Å². The standard InChI is InChI=1S/C24H29ClN2O4/c1-4-24(12-6-5-7-13-24)26-22(30)21-15(2)20(16-8-10-17(25)11-9-16)18(14-19(28)29)27(3)23(21)31/h8-11H,4-7,12-14H2,1-3H3,(H,26,30)(H,28,29). The number of halogens is 1. The second kappa shape index (κ2) is 9.27. The molecule has 1 aromatic carbocycles. The van der Waals surface area contributed by atoms with Gasteiger partial charge >= 0.3 is 5.97 Å². The minimum absolute atomic E-state index is 0.0694. The molecule has 2 aromatic rings. The molecule has 0 radical (unpaired) electrons. The van der Waals surface area contributed by atoms with Gasteiger partial charge in [0, 0.05) is 28.9 Å². The Morgan fingerprint density at radius 2 is 1.77 bits per heavy atom. The Labute approximate surface area is 187 Å². The molecule has 3 rings (SSSR count). The molecule has 6 nitrogen and oxygen atoms in total. The first-order valence-electron chi connectivity index (χ1n) is 10.7. The normalized spacial score (nSPS) is 15.5. The number of carboxylic acid groups (broad SMARTS) is 1. The first-order valence-corrected chi connectivity index (χ1v) is 11.1. The van der Waals surface area contributed by atoms with Crippen molar-refractivity contribution in [1.29, 1.82) is 0 Å². The maximum atomic E-state index is 13.4. The minimum Gasteiger partial charge on any atom is -0.481 e. The van der Waals surface area contributed by atoms with E-state index in [1.54, 1.807) is 31.2 Å². The summed E-state index contributed by atoms with van der Waals surface area (Å²) < 4.78 is 1.29. The highest BCUT2D eigenvalue weighted by molar-refractivity contribution is 6.30. The van der Waals surface area contributed by atoms with E-state index in [1.165, 1.54) is 11.6 Å². The third-order valence-electron chi connectivity index (χ3n) is 6.51. The third-order valence-corrected chi connectivity index (χ3v) is 6.76. The average Bonchev–Trinajstić information content (AvgIpc) is 2.73. The molecule has 1 aliphatic rings. The van der Waals surface area contributed by atoms with Crippen LogP contribution in [0.25, 0.3) is 11.1 Å². The van der Waals surface area contributed by atoms with E-state index in [1.807, 2.05) is 0 Å². The van der Waals surface area contributed by atoms with Gasteiger partial charge in [0.15, 0.2) is 0 Å². The second-order valence-corrected chi connectivity index (χ2v) is 8.85. The molecule has 1 fully saturated rings. The fourth-order valence-electron chi connectivity index (χ4n) is 4.68. The number of amides is 1. The van der Waals surface area contributed by atoms with Gasteiger partial charge < -0.3 is 15.0 Å². The highest BCUT2D eigenvalue weighted by Crippen LogP contribution is 2.33. The Morgan fingerprint density at radius 1 is 1.16 bits per heavy atom. The summed E-state index contributed by atoms with van der Waals surface area (Å²) in [5.74, 6) is -1.44. The number of rotatable bonds is 6. The quantitative estimate of drug-likeness (QED) is 0.687. The number of carbonyl (C=O) groups is 2. The van der Waals surface area contributed by atoms with Crippen LogP contribution in [0.2, 0.25) is 5.02 Å². The number of aromatic nitrogens is 1. The highest BCUT2D eigenvalue weighted by atomic mass is 35.5. The number of hydrogen-bond acceptors (Lipinski definition) is 3. The van der Waals surface area contributed by atoms with E-state index in [0.29, 0.717) is 27.4 Å². The molecule has 1 amide bonds. The number of hydrogen-bond donors (Lipinski definition) is 2. The van der Waals surface area contributed by atoms with E-state index >= 15 is 0 Å². The largest absolute Gasteiger partial charge is 0.481 e. The lowest BCUT2D eigenvalue weighted by atomic mass is 9.79. The van der Waals surface area contributed by atoms with Gasteiger partial charge in [-0.05, 0) is 49.4 Å². The monoisotopic (exact) mass is 444 g/mol. The van der Waals surface area contributed by atoms with Gasteiger partial charge in [0.05, 0.1) is 6.42 Å². The molecule has 0 aliphatic heterocycles. The van der Waals surface area contributed by atoms with Crippen LogP contribution in [0.15, 0.2) is 29.1 Å². The summed E-state index contributed by atoms with van der Waals surface area (Å²) in [5, 5.41) is 13.1. The van der Waals surface area contributed by atoms with Crippen molar-refractivity contribution in [3.63, 3.8) is 0 Å². The van der Waals surface area contributed by atoms with E-state index in [9.17, 15) is 19.5 Å². The minimum atomic E-state index is -1.05. The predicted octanol–water partition coefficient (Wildman–Crippen LogP) is 4.48. The summed E-state index contributed by atoms with van der Waals surface area (Å²) in [6, 6.07) is 6.97. The predicted molar refractivity (Wildman–Crippen MR) is 122 cm³/mol. The SMILES string of the molecule is CCC1(NC(=O)c2c(C)c(-c3ccc(Cl)cc3)c(CC(=O)O)n(C)c2=O)CCCCC1. The number of pyridine rings is 1. The zero-order valence-electron chi connectivity index (χ0n) is 18.3. The number of nitrogens with zero attached hydrogens (tertiary/aromatic N) is 1. The molecule has 1 aliphatic carbocycles. The van der Waals surface area contributed by atoms with Crippen LogP contribution >= 0.6 is 11.6 Å². The zero-order chi connectivity index (χ0) is 22.8. The lowest BCUT2D eigenvalue weighted by molar-refractivity contribution is -0.136. The smallest absolute Gasteiger partial charge is 0.309 e. The molecule has 166 valence electrons. The molecule has 0 saturated heterocycles. The van der Waals surface area contributed by atoms with Gasteiger partial charge in [-0.15, -0.1) is 0 Å². The first-order chi connectivity index (χ1) is 14.7. The number of carbonyl (C=O) groups excluding carboxylic acids is 1. The Kier molecular flexibility index (Phi) is 6.90. The summed E-state index contributed by atoms with van der Waals surface area (Å²) in [5.41, 5.74) is 1.43. The van der Waals surface area contributed by atoms with Gasteiger partial charge in [0.2, 0.25) is 0 Å². The topological polar surface area (TPSA) is 88.4 Å². The van der Waals surface area contributed by atoms with E-state index in [-0.39, 0.29) is 23.4 Å². The van der Waals surface area contributed by atoms with Crippen LogP contribution in [0.3, 0.4) is 0 Å². The number of nitrogens with one attached hydrogen (secondary N) is 1. The van der Waals surface area contributed by atoms with E-state index in [0.717, 1.165) is 38.5 Å². The second-order valence-electron chi connectivity index (χ2n) is 8.41. The van der Waals surface area contributed by atoms with Crippen molar-refractivity contribution in [2.24, 2.45) is 7.05 Å². The summed E-state index contributed by atoms with van der Waals surface area (Å²) in [4.78, 5) is 38.1. The van der Waals surface area contributed by atoms with Gasteiger partial charge in [-0.2, -0.15) is 0 Å². The van der Waals surface area contributed by atoms with Gasteiger partial charge in [-0.1, -0.05) is 49.9 Å². The molecule has 1 saturated carbocycles. The van der Waals surface area contributed by atoms with Crippen molar-refractivity contribution < 1.29 is 14.7 Å². The molecule has 0 spiro atoms. The van der Waals surface area contributed by atoms with Crippen LogP contribution in [0.5, 0.6) is 0 Å². The molecule has 7 heteroatoms. The summed E-state index contributed by atoms with van der Waals surface area (Å²) in [7, 11) is 1.52. The van der Waals surface area contributed by atoms with Crippen molar-refractivity contribution in [1.82, 2.24) is 9.88 Å². The van der Waals surface area contributed by atoms with Crippen molar-refractivity contribution in [3.05, 3.63) is 56.5 Å². The van der Waals surface area contributed by atoms with Gasteiger partial charge in [0.25, 0.3) is 11.5 Å². The molecule has 1 heterocycles. The van der Waals surface area contributed by atoms with Crippen LogP contribution in [-0.4, -0.2) is 27.1 Å². The Balaban J connectivity index is 2.17. The number of carboxylic acids is 1. The Morgan fingerprint density at radius 3 is 2.32 bits per heavy atom.